The van der Waals surface area contributed by atoms with Crippen LogP contribution < -0.4 is 0 Å². The van der Waals surface area contributed by atoms with Crippen LogP contribution in [0.25, 0.3) is 0 Å². The molecule has 0 amide bonds. The van der Waals surface area contributed by atoms with Gasteiger partial charge in [0, 0.05) is 0 Å². The number of hydrogen-bond donors (Lipinski definition) is 0. The summed E-state index contributed by atoms with van der Waals surface area (Å²) in [5, 5.41) is 0. The van der Waals surface area contributed by atoms with Gasteiger partial charge < -0.3 is 0 Å². The molecule has 15 heavy (non-hydrogen) atoms. The monoisotopic (exact) mass is 244 g/mol. The number of hydrogen-bond acceptors (Lipinski definition) is 2. The topological polar surface area (TPSA) is 0 Å². The zero-order valence-corrected chi connectivity index (χ0v) is 10.8. The summed E-state index contributed by atoms with van der Waals surface area (Å²) in [7, 11) is 0. The first kappa shape index (κ1) is 12.9. The summed E-state index contributed by atoms with van der Waals surface area (Å²) < 4.78 is 12.9. The standard InChI is InChI=1S/C12H17FS2/c1-3-14-12(10-13,15-4-2)11-8-6-5-7-9-11/h5-9H,3-4,10H2,1-2H3. The molecule has 0 nitrogen and oxygen atoms in total. The Hall–Kier alpha value is -0.150. The van der Waals surface area contributed by atoms with Gasteiger partial charge in [-0.15, -0.1) is 23.5 Å². The molecule has 84 valence electrons. The Balaban J connectivity index is 2.97. The lowest BCUT2D eigenvalue weighted by Gasteiger charge is -2.29. The molecular weight excluding hydrogens is 227 g/mol. The van der Waals surface area contributed by atoms with Gasteiger partial charge in [0.1, 0.15) is 10.8 Å². The molecule has 3 heteroatoms. The molecule has 0 saturated heterocycles. The third-order valence-electron chi connectivity index (χ3n) is 2.14. The van der Waals surface area contributed by atoms with Crippen LogP contribution in [0.1, 0.15) is 19.4 Å². The molecule has 1 aromatic rings. The van der Waals surface area contributed by atoms with Gasteiger partial charge in [-0.1, -0.05) is 44.2 Å². The van der Waals surface area contributed by atoms with Crippen LogP contribution in [-0.2, 0) is 4.08 Å². The summed E-state index contributed by atoms with van der Waals surface area (Å²) in [6.07, 6.45) is 0. The summed E-state index contributed by atoms with van der Waals surface area (Å²) in [6, 6.07) is 9.97. The van der Waals surface area contributed by atoms with Gasteiger partial charge in [-0.25, -0.2) is 4.39 Å². The summed E-state index contributed by atoms with van der Waals surface area (Å²) in [5.41, 5.74) is 1.09. The highest BCUT2D eigenvalue weighted by atomic mass is 32.2. The zero-order valence-electron chi connectivity index (χ0n) is 9.20. The molecule has 0 saturated carbocycles. The normalized spacial score (nSPS) is 11.7. The van der Waals surface area contributed by atoms with Gasteiger partial charge in [-0.05, 0) is 17.1 Å². The van der Waals surface area contributed by atoms with Crippen molar-refractivity contribution in [1.29, 1.82) is 0 Å². The van der Waals surface area contributed by atoms with Gasteiger partial charge in [0.2, 0.25) is 0 Å². The molecule has 0 heterocycles. The molecule has 0 spiro atoms. The lowest BCUT2D eigenvalue weighted by Crippen LogP contribution is -2.21. The number of thioether (sulfide) groups is 2. The van der Waals surface area contributed by atoms with Gasteiger partial charge in [-0.2, -0.15) is 0 Å². The first-order valence-electron chi connectivity index (χ1n) is 5.18. The van der Waals surface area contributed by atoms with E-state index in [9.17, 15) is 4.39 Å². The van der Waals surface area contributed by atoms with Crippen molar-refractivity contribution in [2.75, 3.05) is 18.2 Å². The highest BCUT2D eigenvalue weighted by Gasteiger charge is 2.32. The van der Waals surface area contributed by atoms with Crippen LogP contribution in [0.15, 0.2) is 30.3 Å². The minimum absolute atomic E-state index is 0.311. The van der Waals surface area contributed by atoms with Crippen LogP contribution in [0.4, 0.5) is 4.39 Å². The van der Waals surface area contributed by atoms with Crippen LogP contribution in [0.2, 0.25) is 0 Å². The Bertz CT molecular complexity index is 268. The number of alkyl halides is 1. The largest absolute Gasteiger partial charge is 0.248 e. The summed E-state index contributed by atoms with van der Waals surface area (Å²) in [5.74, 6) is 1.87. The third-order valence-corrected chi connectivity index (χ3v) is 5.05. The molecule has 0 aromatic heterocycles. The summed E-state index contributed by atoms with van der Waals surface area (Å²) in [4.78, 5) is 0. The Morgan fingerprint density at radius 1 is 1.07 bits per heavy atom. The molecule has 0 atom stereocenters. The van der Waals surface area contributed by atoms with Crippen LogP contribution in [0.3, 0.4) is 0 Å². The van der Waals surface area contributed by atoms with E-state index < -0.39 is 4.08 Å². The average Bonchev–Trinajstić information content (AvgIpc) is 2.30. The van der Waals surface area contributed by atoms with E-state index in [0.29, 0.717) is 0 Å². The van der Waals surface area contributed by atoms with E-state index in [1.54, 1.807) is 23.5 Å². The third kappa shape index (κ3) is 3.15. The van der Waals surface area contributed by atoms with Crippen LogP contribution in [0, 0.1) is 0 Å². The van der Waals surface area contributed by atoms with E-state index in [2.05, 4.69) is 13.8 Å². The number of benzene rings is 1. The van der Waals surface area contributed by atoms with E-state index >= 15 is 0 Å². The minimum Gasteiger partial charge on any atom is -0.248 e. The van der Waals surface area contributed by atoms with Crippen molar-refractivity contribution in [3.63, 3.8) is 0 Å². The van der Waals surface area contributed by atoms with Crippen molar-refractivity contribution >= 4 is 23.5 Å². The zero-order chi connectivity index (χ0) is 11.1. The fourth-order valence-corrected chi connectivity index (χ4v) is 4.25. The van der Waals surface area contributed by atoms with Gasteiger partial charge in [0.25, 0.3) is 0 Å². The van der Waals surface area contributed by atoms with Crippen molar-refractivity contribution < 1.29 is 4.39 Å². The van der Waals surface area contributed by atoms with E-state index in [1.807, 2.05) is 30.3 Å². The van der Waals surface area contributed by atoms with Crippen molar-refractivity contribution in [1.82, 2.24) is 0 Å². The Morgan fingerprint density at radius 3 is 2.00 bits per heavy atom. The molecule has 0 aliphatic rings. The maximum atomic E-state index is 13.3. The Labute approximate surface area is 100 Å². The van der Waals surface area contributed by atoms with Gasteiger partial charge in [0.05, 0.1) is 0 Å². The Morgan fingerprint density at radius 2 is 1.60 bits per heavy atom. The second-order valence-corrected chi connectivity index (χ2v) is 6.50. The quantitative estimate of drug-likeness (QED) is 0.684. The molecule has 0 bridgehead atoms. The van der Waals surface area contributed by atoms with Crippen LogP contribution >= 0.6 is 23.5 Å². The maximum Gasteiger partial charge on any atom is 0.117 e. The van der Waals surface area contributed by atoms with E-state index in [0.717, 1.165) is 17.1 Å². The molecule has 0 fully saturated rings. The first-order valence-corrected chi connectivity index (χ1v) is 7.15. The lowest BCUT2D eigenvalue weighted by molar-refractivity contribution is 0.472. The highest BCUT2D eigenvalue weighted by molar-refractivity contribution is 8.17. The van der Waals surface area contributed by atoms with E-state index in [-0.39, 0.29) is 6.67 Å². The fraction of sp³-hybridized carbons (Fsp3) is 0.500. The lowest BCUT2D eigenvalue weighted by atomic mass is 10.1. The molecule has 0 unspecified atom stereocenters. The van der Waals surface area contributed by atoms with Gasteiger partial charge in [-0.3, -0.25) is 0 Å². The fourth-order valence-electron chi connectivity index (χ4n) is 1.52. The van der Waals surface area contributed by atoms with E-state index in [4.69, 9.17) is 0 Å². The smallest absolute Gasteiger partial charge is 0.117 e. The van der Waals surface area contributed by atoms with Gasteiger partial charge >= 0.3 is 0 Å². The first-order chi connectivity index (χ1) is 7.29. The van der Waals surface area contributed by atoms with Crippen LogP contribution in [-0.4, -0.2) is 18.2 Å². The molecule has 1 rings (SSSR count). The average molecular weight is 244 g/mol. The maximum absolute atomic E-state index is 13.3. The van der Waals surface area contributed by atoms with Crippen molar-refractivity contribution in [2.45, 2.75) is 17.9 Å². The predicted octanol–water partition coefficient (Wildman–Crippen LogP) is 4.32. The number of rotatable bonds is 6. The van der Waals surface area contributed by atoms with E-state index in [1.165, 1.54) is 0 Å². The van der Waals surface area contributed by atoms with Crippen LogP contribution in [0.5, 0.6) is 0 Å². The van der Waals surface area contributed by atoms with Crippen molar-refractivity contribution in [3.05, 3.63) is 35.9 Å². The van der Waals surface area contributed by atoms with Crippen molar-refractivity contribution in [3.8, 4) is 0 Å². The molecule has 0 N–H and O–H groups in total. The molecule has 0 radical (unpaired) electrons. The molecule has 0 aliphatic heterocycles. The predicted molar refractivity (Wildman–Crippen MR) is 70.4 cm³/mol. The highest BCUT2D eigenvalue weighted by Crippen LogP contribution is 2.46. The molecule has 0 aliphatic carbocycles. The molecular formula is C12H17FS2. The Kier molecular flexibility index (Phi) is 5.54. The second-order valence-electron chi connectivity index (χ2n) is 3.12. The second kappa shape index (κ2) is 6.44. The minimum atomic E-state index is -0.398. The van der Waals surface area contributed by atoms with Gasteiger partial charge in [0.15, 0.2) is 0 Å². The SMILES string of the molecule is CCSC(CF)(SCC)c1ccccc1. The number of halogens is 1. The molecule has 1 aromatic carbocycles. The summed E-state index contributed by atoms with van der Waals surface area (Å²) in [6.45, 7) is 3.84. The summed E-state index contributed by atoms with van der Waals surface area (Å²) >= 11 is 3.38. The van der Waals surface area contributed by atoms with Crippen molar-refractivity contribution in [2.24, 2.45) is 0 Å².